The minimum atomic E-state index is -0.569. The molecule has 0 saturated heterocycles. The first-order valence-electron chi connectivity index (χ1n) is 7.78. The van der Waals surface area contributed by atoms with Crippen LogP contribution < -0.4 is 9.64 Å². The zero-order valence-electron chi connectivity index (χ0n) is 13.3. The molecule has 126 valence electrons. The fraction of sp³-hybridized carbons (Fsp3) is 0.167. The summed E-state index contributed by atoms with van der Waals surface area (Å²) in [6.07, 6.45) is -0.569. The molecule has 1 aliphatic rings. The lowest BCUT2D eigenvalue weighted by atomic mass is 10.2. The van der Waals surface area contributed by atoms with Crippen molar-refractivity contribution in [2.75, 3.05) is 4.90 Å². The Kier molecular flexibility index (Phi) is 3.89. The highest BCUT2D eigenvalue weighted by Gasteiger charge is 2.32. The van der Waals surface area contributed by atoms with Crippen molar-refractivity contribution in [2.24, 2.45) is 0 Å². The zero-order chi connectivity index (χ0) is 17.4. The first kappa shape index (κ1) is 15.7. The molecule has 1 aliphatic heterocycles. The van der Waals surface area contributed by atoms with Gasteiger partial charge in [0.1, 0.15) is 12.3 Å². The Morgan fingerprint density at radius 3 is 2.76 bits per heavy atom. The quantitative estimate of drug-likeness (QED) is 0.716. The van der Waals surface area contributed by atoms with E-state index in [0.29, 0.717) is 33.7 Å². The summed E-state index contributed by atoms with van der Waals surface area (Å²) in [5.41, 5.74) is 1.37. The number of fused-ring (bicyclic) bond motifs is 1. The Hall–Kier alpha value is -2.86. The minimum absolute atomic E-state index is 0.156. The topological polar surface area (TPSA) is 68.5 Å². The van der Waals surface area contributed by atoms with Gasteiger partial charge in [-0.15, -0.1) is 0 Å². The van der Waals surface area contributed by atoms with E-state index in [0.717, 1.165) is 0 Å². The summed E-state index contributed by atoms with van der Waals surface area (Å²) in [6, 6.07) is 14.6. The molecule has 0 aliphatic carbocycles. The van der Waals surface area contributed by atoms with Crippen molar-refractivity contribution < 1.29 is 14.1 Å². The number of halogens is 1. The number of para-hydroxylation sites is 2. The molecule has 4 rings (SSSR count). The number of hydrogen-bond donors (Lipinski definition) is 0. The third kappa shape index (κ3) is 2.85. The van der Waals surface area contributed by atoms with Gasteiger partial charge in [-0.3, -0.25) is 9.69 Å². The molecule has 2 heterocycles. The molecule has 0 unspecified atom stereocenters. The molecule has 2 aromatic carbocycles. The van der Waals surface area contributed by atoms with Gasteiger partial charge in [0.25, 0.3) is 5.91 Å². The number of carbonyl (C=O) groups is 1. The van der Waals surface area contributed by atoms with Crippen LogP contribution in [0.4, 0.5) is 5.69 Å². The van der Waals surface area contributed by atoms with E-state index in [1.165, 1.54) is 0 Å². The number of amides is 1. The number of carbonyl (C=O) groups excluding carboxylic acids is 1. The Morgan fingerprint density at radius 1 is 1.16 bits per heavy atom. The van der Waals surface area contributed by atoms with E-state index in [2.05, 4.69) is 10.1 Å². The SMILES string of the molecule is C[C@@H]1Oc2ccccc2N(Cc2nc(-c3ccccc3Cl)no2)C1=O. The average molecular weight is 356 g/mol. The van der Waals surface area contributed by atoms with Crippen LogP contribution in [-0.2, 0) is 11.3 Å². The highest BCUT2D eigenvalue weighted by molar-refractivity contribution is 6.33. The van der Waals surface area contributed by atoms with Crippen molar-refractivity contribution >= 4 is 23.2 Å². The van der Waals surface area contributed by atoms with Crippen molar-refractivity contribution in [1.29, 1.82) is 0 Å². The van der Waals surface area contributed by atoms with Gasteiger partial charge in [-0.05, 0) is 31.2 Å². The second-order valence-electron chi connectivity index (χ2n) is 5.64. The maximum Gasteiger partial charge on any atom is 0.268 e. The van der Waals surface area contributed by atoms with E-state index in [1.54, 1.807) is 17.9 Å². The molecular formula is C18H14ClN3O3. The molecule has 0 spiro atoms. The lowest BCUT2D eigenvalue weighted by molar-refractivity contribution is -0.125. The second-order valence-corrected chi connectivity index (χ2v) is 6.05. The smallest absolute Gasteiger partial charge is 0.268 e. The molecule has 0 radical (unpaired) electrons. The third-order valence-corrected chi connectivity index (χ3v) is 4.28. The standard InChI is InChI=1S/C18H14ClN3O3/c1-11-18(23)22(14-8-4-5-9-15(14)24-11)10-16-20-17(21-25-16)12-6-2-3-7-13(12)19/h2-9,11H,10H2,1H3/t11-/m0/s1. The summed E-state index contributed by atoms with van der Waals surface area (Å²) in [5, 5.41) is 4.51. The normalized spacial score (nSPS) is 16.5. The predicted octanol–water partition coefficient (Wildman–Crippen LogP) is 3.70. The van der Waals surface area contributed by atoms with Crippen molar-refractivity contribution in [3.8, 4) is 17.1 Å². The molecule has 0 saturated carbocycles. The van der Waals surface area contributed by atoms with Crippen LogP contribution in [0, 0.1) is 0 Å². The highest BCUT2D eigenvalue weighted by Crippen LogP contribution is 2.34. The Balaban J connectivity index is 1.65. The summed E-state index contributed by atoms with van der Waals surface area (Å²) in [7, 11) is 0. The molecule has 25 heavy (non-hydrogen) atoms. The maximum absolute atomic E-state index is 12.5. The summed E-state index contributed by atoms with van der Waals surface area (Å²) < 4.78 is 10.9. The summed E-state index contributed by atoms with van der Waals surface area (Å²) in [4.78, 5) is 18.5. The molecule has 3 aromatic rings. The number of benzene rings is 2. The third-order valence-electron chi connectivity index (χ3n) is 3.95. The molecule has 0 fully saturated rings. The first-order chi connectivity index (χ1) is 12.1. The van der Waals surface area contributed by atoms with E-state index in [1.807, 2.05) is 42.5 Å². The number of hydrogen-bond acceptors (Lipinski definition) is 5. The molecule has 0 N–H and O–H groups in total. The number of nitrogens with zero attached hydrogens (tertiary/aromatic N) is 3. The van der Waals surface area contributed by atoms with Crippen LogP contribution in [-0.4, -0.2) is 22.2 Å². The second kappa shape index (κ2) is 6.22. The number of ether oxygens (including phenoxy) is 1. The lowest BCUT2D eigenvalue weighted by Crippen LogP contribution is -2.44. The van der Waals surface area contributed by atoms with Crippen LogP contribution in [0.2, 0.25) is 5.02 Å². The zero-order valence-corrected chi connectivity index (χ0v) is 14.1. The van der Waals surface area contributed by atoms with E-state index < -0.39 is 6.10 Å². The van der Waals surface area contributed by atoms with Crippen LogP contribution in [0.15, 0.2) is 53.1 Å². The van der Waals surface area contributed by atoms with E-state index >= 15 is 0 Å². The van der Waals surface area contributed by atoms with Crippen molar-refractivity contribution in [2.45, 2.75) is 19.6 Å². The van der Waals surface area contributed by atoms with Crippen LogP contribution in [0.3, 0.4) is 0 Å². The average Bonchev–Trinajstić information content (AvgIpc) is 3.08. The van der Waals surface area contributed by atoms with Crippen LogP contribution >= 0.6 is 11.6 Å². The van der Waals surface area contributed by atoms with E-state index in [9.17, 15) is 4.79 Å². The molecule has 6 nitrogen and oxygen atoms in total. The molecule has 1 atom stereocenters. The lowest BCUT2D eigenvalue weighted by Gasteiger charge is -2.31. The molecule has 7 heteroatoms. The molecule has 0 bridgehead atoms. The van der Waals surface area contributed by atoms with Gasteiger partial charge in [0, 0.05) is 5.56 Å². The minimum Gasteiger partial charge on any atom is -0.479 e. The first-order valence-corrected chi connectivity index (χ1v) is 8.16. The summed E-state index contributed by atoms with van der Waals surface area (Å²) in [5.74, 6) is 1.21. The van der Waals surface area contributed by atoms with Gasteiger partial charge < -0.3 is 9.26 Å². The summed E-state index contributed by atoms with van der Waals surface area (Å²) >= 11 is 6.17. The molecular weight excluding hydrogens is 342 g/mol. The highest BCUT2D eigenvalue weighted by atomic mass is 35.5. The van der Waals surface area contributed by atoms with Gasteiger partial charge in [-0.2, -0.15) is 4.98 Å². The molecule has 1 aromatic heterocycles. The van der Waals surface area contributed by atoms with Gasteiger partial charge in [0.2, 0.25) is 11.7 Å². The largest absolute Gasteiger partial charge is 0.479 e. The monoisotopic (exact) mass is 355 g/mol. The van der Waals surface area contributed by atoms with Crippen LogP contribution in [0.25, 0.3) is 11.4 Å². The van der Waals surface area contributed by atoms with Gasteiger partial charge >= 0.3 is 0 Å². The fourth-order valence-corrected chi connectivity index (χ4v) is 2.95. The number of aromatic nitrogens is 2. The van der Waals surface area contributed by atoms with Crippen LogP contribution in [0.5, 0.6) is 5.75 Å². The Labute approximate surface area is 149 Å². The van der Waals surface area contributed by atoms with Gasteiger partial charge in [-0.1, -0.05) is 41.0 Å². The Morgan fingerprint density at radius 2 is 1.92 bits per heavy atom. The predicted molar refractivity (Wildman–Crippen MR) is 92.5 cm³/mol. The van der Waals surface area contributed by atoms with Gasteiger partial charge in [-0.25, -0.2) is 0 Å². The van der Waals surface area contributed by atoms with Gasteiger partial charge in [0.15, 0.2) is 6.10 Å². The summed E-state index contributed by atoms with van der Waals surface area (Å²) in [6.45, 7) is 1.88. The number of rotatable bonds is 3. The van der Waals surface area contributed by atoms with E-state index in [4.69, 9.17) is 20.9 Å². The van der Waals surface area contributed by atoms with Crippen molar-refractivity contribution in [3.05, 3.63) is 59.4 Å². The van der Waals surface area contributed by atoms with Crippen LogP contribution in [0.1, 0.15) is 12.8 Å². The fourth-order valence-electron chi connectivity index (χ4n) is 2.73. The van der Waals surface area contributed by atoms with Gasteiger partial charge in [0.05, 0.1) is 10.7 Å². The Bertz CT molecular complexity index is 941. The van der Waals surface area contributed by atoms with Crippen molar-refractivity contribution in [3.63, 3.8) is 0 Å². The number of anilines is 1. The van der Waals surface area contributed by atoms with Crippen molar-refractivity contribution in [1.82, 2.24) is 10.1 Å². The molecule has 1 amide bonds. The maximum atomic E-state index is 12.5. The van der Waals surface area contributed by atoms with E-state index in [-0.39, 0.29) is 12.5 Å².